The van der Waals surface area contributed by atoms with Crippen LogP contribution < -0.4 is 11.2 Å². The van der Waals surface area contributed by atoms with Gasteiger partial charge in [0.2, 0.25) is 5.91 Å². The third-order valence-electron chi connectivity index (χ3n) is 4.82. The van der Waals surface area contributed by atoms with Crippen LogP contribution in [0.15, 0.2) is 33.9 Å². The van der Waals surface area contributed by atoms with E-state index in [0.717, 1.165) is 17.4 Å². The molecule has 1 fully saturated rings. The van der Waals surface area contributed by atoms with E-state index < -0.39 is 17.2 Å². The molecular formula is C18H21N3O5. The molecule has 0 aliphatic carbocycles. The van der Waals surface area contributed by atoms with E-state index in [1.165, 1.54) is 0 Å². The largest absolute Gasteiger partial charge is 0.481 e. The van der Waals surface area contributed by atoms with Crippen molar-refractivity contribution in [2.45, 2.75) is 32.2 Å². The molecule has 138 valence electrons. The molecule has 8 heteroatoms. The smallest absolute Gasteiger partial charge is 0.329 e. The van der Waals surface area contributed by atoms with Gasteiger partial charge in [0.05, 0.1) is 10.9 Å². The van der Waals surface area contributed by atoms with Gasteiger partial charge in [-0.1, -0.05) is 12.1 Å². The van der Waals surface area contributed by atoms with Gasteiger partial charge in [-0.15, -0.1) is 0 Å². The Kier molecular flexibility index (Phi) is 5.20. The minimum Gasteiger partial charge on any atom is -0.481 e. The average molecular weight is 359 g/mol. The summed E-state index contributed by atoms with van der Waals surface area (Å²) >= 11 is 0. The Morgan fingerprint density at radius 1 is 1.23 bits per heavy atom. The van der Waals surface area contributed by atoms with Crippen LogP contribution in [-0.2, 0) is 16.1 Å². The number of carboxylic acids is 1. The maximum atomic E-state index is 12.6. The summed E-state index contributed by atoms with van der Waals surface area (Å²) in [5, 5.41) is 9.16. The maximum absolute atomic E-state index is 12.6. The molecule has 0 saturated carbocycles. The SMILES string of the molecule is O=C(O)CCC1CCCN(C(=O)Cn2c(=O)[nH]c3ccccc3c2=O)C1. The van der Waals surface area contributed by atoms with Crippen LogP contribution in [0, 0.1) is 5.92 Å². The fourth-order valence-corrected chi connectivity index (χ4v) is 3.43. The Labute approximate surface area is 149 Å². The summed E-state index contributed by atoms with van der Waals surface area (Å²) in [6.45, 7) is 0.708. The Hall–Kier alpha value is -2.90. The highest BCUT2D eigenvalue weighted by Gasteiger charge is 2.25. The molecule has 0 radical (unpaired) electrons. The van der Waals surface area contributed by atoms with Crippen LogP contribution >= 0.6 is 0 Å². The highest BCUT2D eigenvalue weighted by atomic mass is 16.4. The van der Waals surface area contributed by atoms with Crippen molar-refractivity contribution in [2.24, 2.45) is 5.92 Å². The summed E-state index contributed by atoms with van der Waals surface area (Å²) in [7, 11) is 0. The zero-order valence-electron chi connectivity index (χ0n) is 14.3. The first kappa shape index (κ1) is 17.9. The van der Waals surface area contributed by atoms with Crippen LogP contribution in [0.2, 0.25) is 0 Å². The Balaban J connectivity index is 1.75. The summed E-state index contributed by atoms with van der Waals surface area (Å²) in [6.07, 6.45) is 2.28. The fraction of sp³-hybridized carbons (Fsp3) is 0.444. The van der Waals surface area contributed by atoms with E-state index in [-0.39, 0.29) is 24.8 Å². The molecule has 2 N–H and O–H groups in total. The molecule has 0 spiro atoms. The number of piperidine rings is 1. The summed E-state index contributed by atoms with van der Waals surface area (Å²) in [4.78, 5) is 52.3. The second-order valence-electron chi connectivity index (χ2n) is 6.65. The number of amides is 1. The van der Waals surface area contributed by atoms with Crippen LogP contribution in [0.4, 0.5) is 0 Å². The van der Waals surface area contributed by atoms with E-state index in [2.05, 4.69) is 4.98 Å². The molecule has 1 aliphatic rings. The Morgan fingerprint density at radius 2 is 2.00 bits per heavy atom. The van der Waals surface area contributed by atoms with Gasteiger partial charge in [0, 0.05) is 19.5 Å². The van der Waals surface area contributed by atoms with Crippen LogP contribution in [0.3, 0.4) is 0 Å². The zero-order chi connectivity index (χ0) is 18.7. The van der Waals surface area contributed by atoms with Crippen molar-refractivity contribution in [1.29, 1.82) is 0 Å². The van der Waals surface area contributed by atoms with E-state index in [4.69, 9.17) is 5.11 Å². The summed E-state index contributed by atoms with van der Waals surface area (Å²) in [5.74, 6) is -1.01. The van der Waals surface area contributed by atoms with Crippen LogP contribution in [0.5, 0.6) is 0 Å². The lowest BCUT2D eigenvalue weighted by Crippen LogP contribution is -2.45. The predicted molar refractivity (Wildman–Crippen MR) is 95.0 cm³/mol. The van der Waals surface area contributed by atoms with Crippen LogP contribution in [0.1, 0.15) is 25.7 Å². The predicted octanol–water partition coefficient (Wildman–Crippen LogP) is 0.793. The first-order valence-corrected chi connectivity index (χ1v) is 8.67. The number of carbonyl (C=O) groups excluding carboxylic acids is 1. The lowest BCUT2D eigenvalue weighted by Gasteiger charge is -2.32. The van der Waals surface area contributed by atoms with Crippen molar-refractivity contribution >= 4 is 22.8 Å². The molecular weight excluding hydrogens is 338 g/mol. The molecule has 1 aliphatic heterocycles. The van der Waals surface area contributed by atoms with Gasteiger partial charge in [0.25, 0.3) is 5.56 Å². The number of hydrogen-bond acceptors (Lipinski definition) is 4. The number of likely N-dealkylation sites (tertiary alicyclic amines) is 1. The van der Waals surface area contributed by atoms with Gasteiger partial charge in [-0.3, -0.25) is 19.0 Å². The monoisotopic (exact) mass is 359 g/mol. The molecule has 1 amide bonds. The number of aromatic amines is 1. The fourth-order valence-electron chi connectivity index (χ4n) is 3.43. The van der Waals surface area contributed by atoms with Gasteiger partial charge in [-0.2, -0.15) is 0 Å². The van der Waals surface area contributed by atoms with Gasteiger partial charge >= 0.3 is 11.7 Å². The highest BCUT2D eigenvalue weighted by Crippen LogP contribution is 2.21. The van der Waals surface area contributed by atoms with E-state index >= 15 is 0 Å². The number of carboxylic acid groups (broad SMARTS) is 1. The van der Waals surface area contributed by atoms with Gasteiger partial charge in [-0.05, 0) is 37.3 Å². The normalized spacial score (nSPS) is 17.4. The minimum absolute atomic E-state index is 0.0799. The number of benzene rings is 1. The molecule has 1 saturated heterocycles. The van der Waals surface area contributed by atoms with E-state index in [9.17, 15) is 19.2 Å². The second-order valence-corrected chi connectivity index (χ2v) is 6.65. The lowest BCUT2D eigenvalue weighted by atomic mass is 9.93. The van der Waals surface area contributed by atoms with Gasteiger partial charge in [-0.25, -0.2) is 4.79 Å². The molecule has 0 bridgehead atoms. The molecule has 2 heterocycles. The Morgan fingerprint density at radius 3 is 2.77 bits per heavy atom. The number of carbonyl (C=O) groups is 2. The standard InChI is InChI=1S/C18H21N3O5/c22-15(20-9-3-4-12(10-20)7-8-16(23)24)11-21-17(25)13-5-1-2-6-14(13)19-18(21)26/h1-2,5-6,12H,3-4,7-11H2,(H,19,26)(H,23,24). The summed E-state index contributed by atoms with van der Waals surface area (Å²) in [5.41, 5.74) is -0.656. The first-order chi connectivity index (χ1) is 12.5. The molecule has 1 unspecified atom stereocenters. The highest BCUT2D eigenvalue weighted by molar-refractivity contribution is 5.79. The molecule has 1 aromatic carbocycles. The topological polar surface area (TPSA) is 112 Å². The van der Waals surface area contributed by atoms with Crippen molar-refractivity contribution in [3.05, 3.63) is 45.1 Å². The quantitative estimate of drug-likeness (QED) is 0.820. The minimum atomic E-state index is -0.845. The third-order valence-corrected chi connectivity index (χ3v) is 4.82. The summed E-state index contributed by atoms with van der Waals surface area (Å²) < 4.78 is 0.922. The number of para-hydroxylation sites is 1. The van der Waals surface area contributed by atoms with Crippen molar-refractivity contribution < 1.29 is 14.7 Å². The second kappa shape index (κ2) is 7.55. The number of H-pyrrole nitrogens is 1. The number of fused-ring (bicyclic) bond motifs is 1. The van der Waals surface area contributed by atoms with Gasteiger partial charge < -0.3 is 15.0 Å². The average Bonchev–Trinajstić information content (AvgIpc) is 2.63. The number of nitrogens with zero attached hydrogens (tertiary/aromatic N) is 2. The van der Waals surface area contributed by atoms with Crippen molar-refractivity contribution in [3.8, 4) is 0 Å². The van der Waals surface area contributed by atoms with E-state index in [1.807, 2.05) is 0 Å². The molecule has 2 aromatic rings. The van der Waals surface area contributed by atoms with Gasteiger partial charge in [0.1, 0.15) is 6.54 Å². The lowest BCUT2D eigenvalue weighted by molar-refractivity contribution is -0.137. The number of hydrogen-bond donors (Lipinski definition) is 2. The Bertz CT molecular complexity index is 946. The molecule has 1 atom stereocenters. The maximum Gasteiger partial charge on any atom is 0.329 e. The number of nitrogens with one attached hydrogen (secondary N) is 1. The molecule has 26 heavy (non-hydrogen) atoms. The first-order valence-electron chi connectivity index (χ1n) is 8.67. The van der Waals surface area contributed by atoms with Crippen molar-refractivity contribution in [3.63, 3.8) is 0 Å². The van der Waals surface area contributed by atoms with Gasteiger partial charge in [0.15, 0.2) is 0 Å². The number of rotatable bonds is 5. The third kappa shape index (κ3) is 3.84. The number of aliphatic carboxylic acids is 1. The molecule has 1 aromatic heterocycles. The van der Waals surface area contributed by atoms with Crippen molar-refractivity contribution in [2.75, 3.05) is 13.1 Å². The molecule has 8 nitrogen and oxygen atoms in total. The van der Waals surface area contributed by atoms with E-state index in [1.54, 1.807) is 29.2 Å². The zero-order valence-corrected chi connectivity index (χ0v) is 14.3. The van der Waals surface area contributed by atoms with Crippen LogP contribution in [0.25, 0.3) is 10.9 Å². The van der Waals surface area contributed by atoms with Crippen molar-refractivity contribution in [1.82, 2.24) is 14.5 Å². The number of aromatic nitrogens is 2. The summed E-state index contributed by atoms with van der Waals surface area (Å²) in [6, 6.07) is 6.67. The van der Waals surface area contributed by atoms with E-state index in [0.29, 0.717) is 30.4 Å². The van der Waals surface area contributed by atoms with Crippen LogP contribution in [-0.4, -0.2) is 44.5 Å². The molecule has 3 rings (SSSR count).